The van der Waals surface area contributed by atoms with Crippen LogP contribution in [0.1, 0.15) is 20.3 Å². The third-order valence-corrected chi connectivity index (χ3v) is 1.65. The van der Waals surface area contributed by atoms with Crippen LogP contribution in [0.5, 0.6) is 0 Å². The molecule has 0 aromatic rings. The number of nitrogens with one attached hydrogen (secondary N) is 1. The van der Waals surface area contributed by atoms with E-state index in [-0.39, 0.29) is 6.67 Å². The SMILES string of the molecule is CC/C(C)=N\N(C)CNS(=O)O. The van der Waals surface area contributed by atoms with E-state index in [0.717, 1.165) is 12.1 Å². The lowest BCUT2D eigenvalue weighted by Gasteiger charge is -2.12. The third-order valence-electron chi connectivity index (χ3n) is 1.27. The van der Waals surface area contributed by atoms with Gasteiger partial charge in [-0.05, 0) is 13.3 Å². The molecule has 0 aromatic heterocycles. The summed E-state index contributed by atoms with van der Waals surface area (Å²) in [6, 6.07) is 0. The maximum Gasteiger partial charge on any atom is 0.233 e. The van der Waals surface area contributed by atoms with Crippen molar-refractivity contribution in [3.63, 3.8) is 0 Å². The summed E-state index contributed by atoms with van der Waals surface area (Å²) in [5.74, 6) is 0. The molecule has 0 rings (SSSR count). The molecule has 0 saturated heterocycles. The minimum atomic E-state index is -1.96. The van der Waals surface area contributed by atoms with E-state index in [2.05, 4.69) is 9.82 Å². The van der Waals surface area contributed by atoms with Crippen LogP contribution in [-0.4, -0.2) is 33.2 Å². The van der Waals surface area contributed by atoms with Gasteiger partial charge in [-0.2, -0.15) is 9.82 Å². The first-order valence-electron chi connectivity index (χ1n) is 3.65. The summed E-state index contributed by atoms with van der Waals surface area (Å²) >= 11 is -1.96. The summed E-state index contributed by atoms with van der Waals surface area (Å²) in [7, 11) is 1.74. The number of hydrogen-bond acceptors (Lipinski definition) is 3. The molecule has 0 radical (unpaired) electrons. The van der Waals surface area contributed by atoms with Gasteiger partial charge in [0.05, 0.1) is 6.67 Å². The van der Waals surface area contributed by atoms with Crippen LogP contribution in [-0.2, 0) is 11.3 Å². The molecule has 0 fully saturated rings. The molecule has 0 aliphatic carbocycles. The predicted octanol–water partition coefficient (Wildman–Crippen LogP) is 0.388. The molecule has 0 heterocycles. The van der Waals surface area contributed by atoms with Crippen LogP contribution in [0.25, 0.3) is 0 Å². The molecule has 0 aliphatic rings. The summed E-state index contributed by atoms with van der Waals surface area (Å²) in [6.45, 7) is 4.18. The Morgan fingerprint density at radius 2 is 2.33 bits per heavy atom. The Labute approximate surface area is 75.3 Å². The van der Waals surface area contributed by atoms with Crippen molar-refractivity contribution < 1.29 is 8.76 Å². The van der Waals surface area contributed by atoms with E-state index in [4.69, 9.17) is 4.55 Å². The van der Waals surface area contributed by atoms with Gasteiger partial charge in [0.1, 0.15) is 0 Å². The topological polar surface area (TPSA) is 64.9 Å². The van der Waals surface area contributed by atoms with Crippen molar-refractivity contribution in [2.45, 2.75) is 20.3 Å². The van der Waals surface area contributed by atoms with Crippen LogP contribution in [0.3, 0.4) is 0 Å². The highest BCUT2D eigenvalue weighted by molar-refractivity contribution is 7.77. The summed E-state index contributed by atoms with van der Waals surface area (Å²) in [4.78, 5) is 0. The first-order valence-corrected chi connectivity index (χ1v) is 4.76. The second-order valence-electron chi connectivity index (χ2n) is 2.40. The zero-order valence-corrected chi connectivity index (χ0v) is 8.39. The molecule has 1 unspecified atom stereocenters. The van der Waals surface area contributed by atoms with Gasteiger partial charge in [0.25, 0.3) is 0 Å². The summed E-state index contributed by atoms with van der Waals surface area (Å²) in [5.41, 5.74) is 0.989. The van der Waals surface area contributed by atoms with E-state index in [9.17, 15) is 4.21 Å². The summed E-state index contributed by atoms with van der Waals surface area (Å²) in [6.07, 6.45) is 0.882. The first-order chi connectivity index (χ1) is 5.56. The first kappa shape index (κ1) is 11.5. The molecule has 2 N–H and O–H groups in total. The lowest BCUT2D eigenvalue weighted by Crippen LogP contribution is -2.29. The van der Waals surface area contributed by atoms with Gasteiger partial charge in [-0.25, -0.2) is 4.21 Å². The molecular weight excluding hydrogens is 178 g/mol. The second-order valence-corrected chi connectivity index (χ2v) is 3.19. The van der Waals surface area contributed by atoms with Crippen LogP contribution in [0, 0.1) is 0 Å². The molecule has 0 aromatic carbocycles. The van der Waals surface area contributed by atoms with Gasteiger partial charge in [-0.1, -0.05) is 6.92 Å². The normalized spacial score (nSPS) is 14.5. The minimum Gasteiger partial charge on any atom is -0.294 e. The fourth-order valence-corrected chi connectivity index (χ4v) is 0.843. The molecule has 0 bridgehead atoms. The Kier molecular flexibility index (Phi) is 5.87. The van der Waals surface area contributed by atoms with E-state index < -0.39 is 11.3 Å². The van der Waals surface area contributed by atoms with Crippen molar-refractivity contribution in [2.24, 2.45) is 5.10 Å². The molecule has 72 valence electrons. The van der Waals surface area contributed by atoms with Crippen LogP contribution in [0.15, 0.2) is 5.10 Å². The number of hydrogen-bond donors (Lipinski definition) is 2. The van der Waals surface area contributed by atoms with Gasteiger partial charge in [-0.15, -0.1) is 0 Å². The van der Waals surface area contributed by atoms with Crippen LogP contribution < -0.4 is 4.72 Å². The summed E-state index contributed by atoms with van der Waals surface area (Å²) < 4.78 is 20.9. The van der Waals surface area contributed by atoms with Crippen molar-refractivity contribution in [1.29, 1.82) is 0 Å². The zero-order valence-electron chi connectivity index (χ0n) is 7.57. The van der Waals surface area contributed by atoms with Crippen molar-refractivity contribution in [2.75, 3.05) is 13.7 Å². The molecule has 6 heteroatoms. The van der Waals surface area contributed by atoms with E-state index in [1.165, 1.54) is 0 Å². The van der Waals surface area contributed by atoms with Crippen LogP contribution in [0.2, 0.25) is 0 Å². The van der Waals surface area contributed by atoms with E-state index in [0.29, 0.717) is 0 Å². The lowest BCUT2D eigenvalue weighted by molar-refractivity contribution is 0.345. The fraction of sp³-hybridized carbons (Fsp3) is 0.833. The van der Waals surface area contributed by atoms with Crippen molar-refractivity contribution >= 4 is 17.0 Å². The Bertz CT molecular complexity index is 184. The average molecular weight is 193 g/mol. The standard InChI is InChI=1S/C6H15N3O2S/c1-4-6(2)8-9(3)5-7-12(10)11/h7H,4-5H2,1-3H3,(H,10,11)/b8-6-. The Hall–Kier alpha value is -0.460. The highest BCUT2D eigenvalue weighted by atomic mass is 32.2. The van der Waals surface area contributed by atoms with Gasteiger partial charge in [0, 0.05) is 12.8 Å². The Balaban J connectivity index is 3.73. The van der Waals surface area contributed by atoms with Crippen molar-refractivity contribution in [3.8, 4) is 0 Å². The fourth-order valence-electron chi connectivity index (χ4n) is 0.546. The number of rotatable bonds is 5. The van der Waals surface area contributed by atoms with E-state index >= 15 is 0 Å². The Morgan fingerprint density at radius 3 is 2.75 bits per heavy atom. The average Bonchev–Trinajstić information content (AvgIpc) is 2.00. The third kappa shape index (κ3) is 6.26. The van der Waals surface area contributed by atoms with Crippen molar-refractivity contribution in [1.82, 2.24) is 9.73 Å². The highest BCUT2D eigenvalue weighted by Crippen LogP contribution is 1.88. The van der Waals surface area contributed by atoms with Gasteiger partial charge >= 0.3 is 0 Å². The summed E-state index contributed by atoms with van der Waals surface area (Å²) in [5, 5.41) is 5.69. The van der Waals surface area contributed by atoms with Gasteiger partial charge < -0.3 is 0 Å². The molecule has 0 saturated carbocycles. The lowest BCUT2D eigenvalue weighted by atomic mass is 10.3. The molecule has 0 aliphatic heterocycles. The number of nitrogens with zero attached hydrogens (tertiary/aromatic N) is 2. The molecule has 1 atom stereocenters. The van der Waals surface area contributed by atoms with Crippen LogP contribution >= 0.6 is 0 Å². The van der Waals surface area contributed by atoms with E-state index in [1.807, 2.05) is 13.8 Å². The molecule has 12 heavy (non-hydrogen) atoms. The van der Waals surface area contributed by atoms with Gasteiger partial charge in [-0.3, -0.25) is 9.56 Å². The largest absolute Gasteiger partial charge is 0.294 e. The molecule has 0 amide bonds. The van der Waals surface area contributed by atoms with Crippen LogP contribution in [0.4, 0.5) is 0 Å². The maximum atomic E-state index is 10.2. The van der Waals surface area contributed by atoms with E-state index in [1.54, 1.807) is 12.1 Å². The van der Waals surface area contributed by atoms with Crippen molar-refractivity contribution in [3.05, 3.63) is 0 Å². The molecule has 0 spiro atoms. The van der Waals surface area contributed by atoms with Gasteiger partial charge in [0.15, 0.2) is 0 Å². The van der Waals surface area contributed by atoms with Gasteiger partial charge in [0.2, 0.25) is 11.3 Å². The molecule has 5 nitrogen and oxygen atoms in total. The maximum absolute atomic E-state index is 10.2. The number of hydrazone groups is 1. The quantitative estimate of drug-likeness (QED) is 0.287. The minimum absolute atomic E-state index is 0.264. The predicted molar refractivity (Wildman–Crippen MR) is 49.9 cm³/mol. The monoisotopic (exact) mass is 193 g/mol. The molecular formula is C6H15N3O2S. The smallest absolute Gasteiger partial charge is 0.233 e. The highest BCUT2D eigenvalue weighted by Gasteiger charge is 1.95. The Morgan fingerprint density at radius 1 is 1.75 bits per heavy atom. The second kappa shape index (κ2) is 6.10. The zero-order chi connectivity index (χ0) is 9.56.